The van der Waals surface area contributed by atoms with Crippen LogP contribution in [0.3, 0.4) is 0 Å². The van der Waals surface area contributed by atoms with Crippen molar-refractivity contribution in [1.82, 2.24) is 9.55 Å². The highest BCUT2D eigenvalue weighted by Gasteiger charge is 2.32. The van der Waals surface area contributed by atoms with Gasteiger partial charge in [0.25, 0.3) is 5.56 Å². The highest BCUT2D eigenvalue weighted by molar-refractivity contribution is 5.01. The van der Waals surface area contributed by atoms with Crippen LogP contribution in [0.5, 0.6) is 0 Å². The Bertz CT molecular complexity index is 517. The smallest absolute Gasteiger partial charge is 0.330 e. The molecule has 0 aromatic carbocycles. The maximum absolute atomic E-state index is 11.7. The highest BCUT2D eigenvalue weighted by atomic mass is 16.5. The van der Waals surface area contributed by atoms with Gasteiger partial charge in [0.15, 0.2) is 0 Å². The van der Waals surface area contributed by atoms with Crippen LogP contribution in [0.25, 0.3) is 0 Å². The summed E-state index contributed by atoms with van der Waals surface area (Å²) < 4.78 is 7.31. The van der Waals surface area contributed by atoms with E-state index in [1.54, 1.807) is 13.1 Å². The summed E-state index contributed by atoms with van der Waals surface area (Å²) in [7, 11) is 0. The Hall–Kier alpha value is -1.36. The Morgan fingerprint density at radius 1 is 1.53 bits per heavy atom. The number of ether oxygens (including phenoxy) is 1. The first-order chi connectivity index (χ1) is 8.02. The minimum Gasteiger partial charge on any atom is -0.354 e. The van der Waals surface area contributed by atoms with E-state index in [4.69, 9.17) is 4.74 Å². The number of rotatable bonds is 2. The lowest BCUT2D eigenvalue weighted by Gasteiger charge is -2.15. The number of aromatic amines is 1. The molecule has 0 amide bonds. The van der Waals surface area contributed by atoms with Crippen LogP contribution in [0, 0.1) is 12.8 Å². The number of hydrogen-bond acceptors (Lipinski definition) is 3. The molecule has 3 atom stereocenters. The topological polar surface area (TPSA) is 64.1 Å². The second-order valence-corrected chi connectivity index (χ2v) is 4.73. The molecule has 0 aliphatic carbocycles. The summed E-state index contributed by atoms with van der Waals surface area (Å²) in [5.41, 5.74) is -0.195. The molecule has 0 saturated carbocycles. The molecule has 1 aliphatic rings. The quantitative estimate of drug-likeness (QED) is 0.841. The number of aryl methyl sites for hydroxylation is 1. The van der Waals surface area contributed by atoms with E-state index in [2.05, 4.69) is 18.8 Å². The van der Waals surface area contributed by atoms with Crippen LogP contribution in [0.4, 0.5) is 0 Å². The fourth-order valence-electron chi connectivity index (χ4n) is 2.34. The molecule has 94 valence electrons. The number of H-pyrrole nitrogens is 1. The SMILES string of the molecule is CC[C@@H]1OC(n2cc(C)c(=O)[nH]c2=O)C[C@H]1C. The van der Waals surface area contributed by atoms with Crippen molar-refractivity contribution in [3.05, 3.63) is 32.6 Å². The second kappa shape index (κ2) is 4.49. The van der Waals surface area contributed by atoms with E-state index >= 15 is 0 Å². The van der Waals surface area contributed by atoms with Gasteiger partial charge >= 0.3 is 5.69 Å². The lowest BCUT2D eigenvalue weighted by atomic mass is 10.0. The lowest BCUT2D eigenvalue weighted by molar-refractivity contribution is -0.00768. The van der Waals surface area contributed by atoms with Gasteiger partial charge in [-0.25, -0.2) is 4.79 Å². The third-order valence-corrected chi connectivity index (χ3v) is 3.40. The predicted octanol–water partition coefficient (Wildman–Crippen LogP) is 1.18. The van der Waals surface area contributed by atoms with Gasteiger partial charge in [0.05, 0.1) is 6.10 Å². The van der Waals surface area contributed by atoms with Crippen LogP contribution >= 0.6 is 0 Å². The van der Waals surface area contributed by atoms with Crippen molar-refractivity contribution in [3.63, 3.8) is 0 Å². The zero-order valence-corrected chi connectivity index (χ0v) is 10.4. The first-order valence-electron chi connectivity index (χ1n) is 6.00. The molecule has 1 aliphatic heterocycles. The van der Waals surface area contributed by atoms with Crippen molar-refractivity contribution in [2.24, 2.45) is 5.92 Å². The van der Waals surface area contributed by atoms with E-state index < -0.39 is 5.69 Å². The van der Waals surface area contributed by atoms with Crippen LogP contribution < -0.4 is 11.2 Å². The Morgan fingerprint density at radius 3 is 2.82 bits per heavy atom. The maximum atomic E-state index is 11.7. The number of aromatic nitrogens is 2. The zero-order chi connectivity index (χ0) is 12.6. The van der Waals surface area contributed by atoms with E-state index in [1.165, 1.54) is 4.57 Å². The summed E-state index contributed by atoms with van der Waals surface area (Å²) in [6, 6.07) is 0. The average Bonchev–Trinajstić information content (AvgIpc) is 2.65. The fourth-order valence-corrected chi connectivity index (χ4v) is 2.34. The summed E-state index contributed by atoms with van der Waals surface area (Å²) in [5.74, 6) is 0.434. The second-order valence-electron chi connectivity index (χ2n) is 4.73. The van der Waals surface area contributed by atoms with Crippen LogP contribution in [0.1, 0.15) is 38.5 Å². The van der Waals surface area contributed by atoms with Gasteiger partial charge in [0, 0.05) is 11.8 Å². The molecule has 1 aromatic rings. The van der Waals surface area contributed by atoms with Gasteiger partial charge in [0.1, 0.15) is 6.23 Å². The molecule has 1 unspecified atom stereocenters. The molecule has 2 heterocycles. The molecule has 1 N–H and O–H groups in total. The molecule has 2 rings (SSSR count). The van der Waals surface area contributed by atoms with Gasteiger partial charge in [-0.1, -0.05) is 13.8 Å². The van der Waals surface area contributed by atoms with E-state index in [1.807, 2.05) is 0 Å². The normalized spacial score (nSPS) is 28.5. The Kier molecular flexibility index (Phi) is 3.19. The summed E-state index contributed by atoms with van der Waals surface area (Å²) in [6.45, 7) is 5.88. The molecule has 1 aromatic heterocycles. The third-order valence-electron chi connectivity index (χ3n) is 3.40. The molecule has 1 saturated heterocycles. The first kappa shape index (κ1) is 12.1. The number of hydrogen-bond donors (Lipinski definition) is 1. The molecule has 17 heavy (non-hydrogen) atoms. The van der Waals surface area contributed by atoms with Crippen LogP contribution in [-0.2, 0) is 4.74 Å². The molecular weight excluding hydrogens is 220 g/mol. The van der Waals surface area contributed by atoms with Crippen molar-refractivity contribution in [2.75, 3.05) is 0 Å². The molecule has 0 radical (unpaired) electrons. The molecule has 1 fully saturated rings. The summed E-state index contributed by atoms with van der Waals surface area (Å²) in [4.78, 5) is 25.3. The van der Waals surface area contributed by atoms with Crippen LogP contribution in [-0.4, -0.2) is 15.7 Å². The standard InChI is InChI=1S/C12H18N2O3/c1-4-9-7(2)5-10(17-9)14-6-8(3)11(15)13-12(14)16/h6-7,9-10H,4-5H2,1-3H3,(H,13,15,16)/t7-,9+,10?/m1/s1. The molecule has 0 bridgehead atoms. The monoisotopic (exact) mass is 238 g/mol. The van der Waals surface area contributed by atoms with E-state index in [0.717, 1.165) is 12.8 Å². The Labute approximate surface area is 99.4 Å². The lowest BCUT2D eigenvalue weighted by Crippen LogP contribution is -2.33. The third kappa shape index (κ3) is 2.20. The summed E-state index contributed by atoms with van der Waals surface area (Å²) in [5, 5.41) is 0. The van der Waals surface area contributed by atoms with Crippen molar-refractivity contribution in [3.8, 4) is 0 Å². The van der Waals surface area contributed by atoms with Crippen LogP contribution in [0.15, 0.2) is 15.8 Å². The largest absolute Gasteiger partial charge is 0.354 e. The number of nitrogens with zero attached hydrogens (tertiary/aromatic N) is 1. The first-order valence-corrected chi connectivity index (χ1v) is 6.00. The highest BCUT2D eigenvalue weighted by Crippen LogP contribution is 2.33. The predicted molar refractivity (Wildman–Crippen MR) is 64.0 cm³/mol. The number of nitrogens with one attached hydrogen (secondary N) is 1. The molecule has 0 spiro atoms. The average molecular weight is 238 g/mol. The molecular formula is C12H18N2O3. The van der Waals surface area contributed by atoms with E-state index in [9.17, 15) is 9.59 Å². The zero-order valence-electron chi connectivity index (χ0n) is 10.4. The maximum Gasteiger partial charge on any atom is 0.330 e. The molecule has 5 nitrogen and oxygen atoms in total. The van der Waals surface area contributed by atoms with Gasteiger partial charge in [-0.15, -0.1) is 0 Å². The summed E-state index contributed by atoms with van der Waals surface area (Å²) >= 11 is 0. The Balaban J connectivity index is 2.34. The van der Waals surface area contributed by atoms with E-state index in [-0.39, 0.29) is 17.9 Å². The van der Waals surface area contributed by atoms with Crippen molar-refractivity contribution in [2.45, 2.75) is 45.9 Å². The molecule has 5 heteroatoms. The van der Waals surface area contributed by atoms with E-state index in [0.29, 0.717) is 11.5 Å². The van der Waals surface area contributed by atoms with Crippen molar-refractivity contribution < 1.29 is 4.74 Å². The van der Waals surface area contributed by atoms with Gasteiger partial charge in [0.2, 0.25) is 0 Å². The van der Waals surface area contributed by atoms with Crippen LogP contribution in [0.2, 0.25) is 0 Å². The van der Waals surface area contributed by atoms with Gasteiger partial charge in [-0.2, -0.15) is 0 Å². The van der Waals surface area contributed by atoms with Crippen molar-refractivity contribution in [1.29, 1.82) is 0 Å². The fraction of sp³-hybridized carbons (Fsp3) is 0.667. The minimum atomic E-state index is -0.394. The van der Waals surface area contributed by atoms with Crippen molar-refractivity contribution >= 4 is 0 Å². The minimum absolute atomic E-state index is 0.194. The van der Waals surface area contributed by atoms with Gasteiger partial charge in [-0.3, -0.25) is 14.3 Å². The Morgan fingerprint density at radius 2 is 2.24 bits per heavy atom. The van der Waals surface area contributed by atoms with Gasteiger partial charge in [-0.05, 0) is 25.7 Å². The van der Waals surface area contributed by atoms with Gasteiger partial charge < -0.3 is 4.74 Å². The summed E-state index contributed by atoms with van der Waals surface area (Å²) in [6.07, 6.45) is 3.27.